The Labute approximate surface area is 209 Å². The van der Waals surface area contributed by atoms with Gasteiger partial charge in [0.15, 0.2) is 5.65 Å². The standard InChI is InChI=1S/C27H29ClN6O/c1-18-17-32(14-15-33(18)26(35)20-10-6-3-7-11-20)27-29-23-16-21(28)12-13-22(23)25-31-30-24(34(25)27)19-8-4-2-5-9-19/h3,6-7,10-13,16,18-19H,2,4-5,8-9,14-15,17H2,1H3/t18-/m0/s1. The van der Waals surface area contributed by atoms with Gasteiger partial charge in [-0.15, -0.1) is 10.2 Å². The first-order valence-electron chi connectivity index (χ1n) is 12.6. The average molecular weight is 489 g/mol. The molecule has 2 fully saturated rings. The normalized spacial score (nSPS) is 19.5. The van der Waals surface area contributed by atoms with E-state index >= 15 is 0 Å². The molecule has 1 aliphatic heterocycles. The molecule has 2 aromatic carbocycles. The zero-order valence-electron chi connectivity index (χ0n) is 19.9. The molecule has 0 bridgehead atoms. The lowest BCUT2D eigenvalue weighted by Gasteiger charge is -2.40. The smallest absolute Gasteiger partial charge is 0.254 e. The molecular formula is C27H29ClN6O. The first-order valence-corrected chi connectivity index (χ1v) is 12.9. The number of benzene rings is 2. The van der Waals surface area contributed by atoms with Crippen molar-refractivity contribution >= 4 is 40.0 Å². The van der Waals surface area contributed by atoms with Crippen molar-refractivity contribution in [1.29, 1.82) is 0 Å². The molecule has 2 aromatic heterocycles. The Morgan fingerprint density at radius 1 is 1.00 bits per heavy atom. The molecule has 2 aliphatic rings. The highest BCUT2D eigenvalue weighted by Gasteiger charge is 2.32. The van der Waals surface area contributed by atoms with Crippen LogP contribution in [0.15, 0.2) is 48.5 Å². The van der Waals surface area contributed by atoms with Gasteiger partial charge in [0.2, 0.25) is 5.95 Å². The topological polar surface area (TPSA) is 66.6 Å². The van der Waals surface area contributed by atoms with Gasteiger partial charge in [-0.1, -0.05) is 49.1 Å². The number of carbonyl (C=O) groups excluding carboxylic acids is 1. The van der Waals surface area contributed by atoms with Crippen LogP contribution in [0.1, 0.15) is 61.1 Å². The highest BCUT2D eigenvalue weighted by atomic mass is 35.5. The first kappa shape index (κ1) is 22.3. The van der Waals surface area contributed by atoms with Gasteiger partial charge in [0.25, 0.3) is 5.91 Å². The Kier molecular flexibility index (Phi) is 5.80. The van der Waals surface area contributed by atoms with E-state index in [2.05, 4.69) is 21.3 Å². The summed E-state index contributed by atoms with van der Waals surface area (Å²) in [4.78, 5) is 22.5. The highest BCUT2D eigenvalue weighted by Crippen LogP contribution is 2.35. The largest absolute Gasteiger partial charge is 0.338 e. The van der Waals surface area contributed by atoms with Crippen molar-refractivity contribution in [3.05, 3.63) is 64.9 Å². The summed E-state index contributed by atoms with van der Waals surface area (Å²) in [6.07, 6.45) is 6.00. The van der Waals surface area contributed by atoms with E-state index < -0.39 is 0 Å². The fraction of sp³-hybridized carbons (Fsp3) is 0.407. The van der Waals surface area contributed by atoms with Gasteiger partial charge in [0, 0.05) is 47.6 Å². The fourth-order valence-corrected chi connectivity index (χ4v) is 5.80. The second-order valence-electron chi connectivity index (χ2n) is 9.79. The molecule has 0 N–H and O–H groups in total. The van der Waals surface area contributed by atoms with Crippen molar-refractivity contribution in [2.75, 3.05) is 24.5 Å². The highest BCUT2D eigenvalue weighted by molar-refractivity contribution is 6.31. The van der Waals surface area contributed by atoms with Gasteiger partial charge >= 0.3 is 0 Å². The van der Waals surface area contributed by atoms with E-state index in [4.69, 9.17) is 21.7 Å². The minimum Gasteiger partial charge on any atom is -0.338 e. The van der Waals surface area contributed by atoms with Gasteiger partial charge < -0.3 is 9.80 Å². The van der Waals surface area contributed by atoms with Crippen molar-refractivity contribution in [2.45, 2.75) is 51.0 Å². The number of hydrogen-bond donors (Lipinski definition) is 0. The van der Waals surface area contributed by atoms with Crippen LogP contribution in [0, 0.1) is 0 Å². The van der Waals surface area contributed by atoms with E-state index in [1.165, 1.54) is 19.3 Å². The number of fused-ring (bicyclic) bond motifs is 3. The Balaban J connectivity index is 1.40. The lowest BCUT2D eigenvalue weighted by Crippen LogP contribution is -2.54. The van der Waals surface area contributed by atoms with Crippen molar-refractivity contribution in [2.24, 2.45) is 0 Å². The Morgan fingerprint density at radius 3 is 2.57 bits per heavy atom. The van der Waals surface area contributed by atoms with Crippen LogP contribution in [0.25, 0.3) is 16.6 Å². The average Bonchev–Trinajstić information content (AvgIpc) is 3.34. The quantitative estimate of drug-likeness (QED) is 0.390. The number of piperazine rings is 1. The molecular weight excluding hydrogens is 460 g/mol. The van der Waals surface area contributed by atoms with Gasteiger partial charge in [-0.05, 0) is 50.1 Å². The molecule has 8 heteroatoms. The molecule has 1 aliphatic carbocycles. The molecule has 1 saturated heterocycles. The molecule has 7 nitrogen and oxygen atoms in total. The molecule has 1 amide bonds. The summed E-state index contributed by atoms with van der Waals surface area (Å²) in [5.74, 6) is 2.32. The summed E-state index contributed by atoms with van der Waals surface area (Å²) in [5.41, 5.74) is 2.38. The Hall–Kier alpha value is -3.19. The number of halogens is 1. The third kappa shape index (κ3) is 4.01. The number of amides is 1. The van der Waals surface area contributed by atoms with Crippen LogP contribution in [-0.2, 0) is 0 Å². The van der Waals surface area contributed by atoms with E-state index in [1.54, 1.807) is 0 Å². The number of rotatable bonds is 3. The van der Waals surface area contributed by atoms with Gasteiger partial charge in [-0.2, -0.15) is 0 Å². The van der Waals surface area contributed by atoms with Crippen LogP contribution in [0.4, 0.5) is 5.95 Å². The second kappa shape index (κ2) is 9.11. The summed E-state index contributed by atoms with van der Waals surface area (Å²) >= 11 is 6.33. The van der Waals surface area contributed by atoms with Gasteiger partial charge in [-0.25, -0.2) is 9.38 Å². The number of aromatic nitrogens is 4. The van der Waals surface area contributed by atoms with Crippen molar-refractivity contribution in [3.8, 4) is 0 Å². The Bertz CT molecular complexity index is 1380. The van der Waals surface area contributed by atoms with Crippen molar-refractivity contribution in [3.63, 3.8) is 0 Å². The molecule has 0 radical (unpaired) electrons. The molecule has 1 atom stereocenters. The molecule has 0 spiro atoms. The number of carbonyl (C=O) groups is 1. The zero-order valence-corrected chi connectivity index (χ0v) is 20.7. The summed E-state index contributed by atoms with van der Waals surface area (Å²) < 4.78 is 2.17. The minimum atomic E-state index is 0.0398. The van der Waals surface area contributed by atoms with E-state index in [0.29, 0.717) is 30.6 Å². The number of hydrogen-bond acceptors (Lipinski definition) is 5. The third-order valence-corrected chi connectivity index (χ3v) is 7.71. The lowest BCUT2D eigenvalue weighted by molar-refractivity contribution is 0.0673. The second-order valence-corrected chi connectivity index (χ2v) is 10.2. The van der Waals surface area contributed by atoms with Gasteiger partial charge in [0.1, 0.15) is 5.82 Å². The summed E-state index contributed by atoms with van der Waals surface area (Å²) in [5, 5.41) is 11.0. The van der Waals surface area contributed by atoms with Crippen molar-refractivity contribution in [1.82, 2.24) is 24.5 Å². The molecule has 4 aromatic rings. The minimum absolute atomic E-state index is 0.0398. The molecule has 3 heterocycles. The van der Waals surface area contributed by atoms with Crippen LogP contribution in [-0.4, -0.2) is 56.1 Å². The maximum absolute atomic E-state index is 13.1. The summed E-state index contributed by atoms with van der Waals surface area (Å²) in [6.45, 7) is 4.12. The summed E-state index contributed by atoms with van der Waals surface area (Å²) in [6, 6.07) is 15.3. The van der Waals surface area contributed by atoms with Gasteiger partial charge in [0.05, 0.1) is 5.52 Å². The third-order valence-electron chi connectivity index (χ3n) is 7.47. The van der Waals surface area contributed by atoms with Crippen molar-refractivity contribution < 1.29 is 4.79 Å². The number of nitrogens with zero attached hydrogens (tertiary/aromatic N) is 6. The zero-order chi connectivity index (χ0) is 23.9. The van der Waals surface area contributed by atoms with Crippen LogP contribution >= 0.6 is 11.6 Å². The maximum atomic E-state index is 13.1. The van der Waals surface area contributed by atoms with E-state index in [9.17, 15) is 4.79 Å². The SMILES string of the molecule is C[C@H]1CN(c2nc3cc(Cl)ccc3c3nnc(C4CCCCC4)n23)CCN1C(=O)c1ccccc1. The molecule has 180 valence electrons. The molecule has 35 heavy (non-hydrogen) atoms. The summed E-state index contributed by atoms with van der Waals surface area (Å²) in [7, 11) is 0. The fourth-order valence-electron chi connectivity index (χ4n) is 5.64. The van der Waals surface area contributed by atoms with E-state index in [0.717, 1.165) is 46.7 Å². The van der Waals surface area contributed by atoms with Crippen LogP contribution in [0.5, 0.6) is 0 Å². The van der Waals surface area contributed by atoms with E-state index in [-0.39, 0.29) is 11.9 Å². The predicted molar refractivity (Wildman–Crippen MR) is 138 cm³/mol. The monoisotopic (exact) mass is 488 g/mol. The van der Waals surface area contributed by atoms with Crippen LogP contribution in [0.2, 0.25) is 5.02 Å². The first-order chi connectivity index (χ1) is 17.1. The predicted octanol–water partition coefficient (Wildman–Crippen LogP) is 5.33. The van der Waals surface area contributed by atoms with E-state index in [1.807, 2.05) is 53.4 Å². The van der Waals surface area contributed by atoms with Gasteiger partial charge in [-0.3, -0.25) is 4.79 Å². The number of anilines is 1. The van der Waals surface area contributed by atoms with Crippen LogP contribution in [0.3, 0.4) is 0 Å². The molecule has 6 rings (SSSR count). The maximum Gasteiger partial charge on any atom is 0.254 e. The molecule has 0 unspecified atom stereocenters. The lowest BCUT2D eigenvalue weighted by atomic mass is 9.89. The Morgan fingerprint density at radius 2 is 1.80 bits per heavy atom. The van der Waals surface area contributed by atoms with Crippen LogP contribution < -0.4 is 4.90 Å². The molecule has 1 saturated carbocycles.